The van der Waals surface area contributed by atoms with Gasteiger partial charge in [0, 0.05) is 17.6 Å². The van der Waals surface area contributed by atoms with Crippen molar-refractivity contribution in [2.24, 2.45) is 5.73 Å². The largest absolute Gasteiger partial charge is 0.368 e. The monoisotopic (exact) mass is 259 g/mol. The molecule has 0 fully saturated rings. The second-order valence-corrected chi connectivity index (χ2v) is 4.74. The number of nitrogens with two attached hydrogens (primary N) is 1. The average molecular weight is 259 g/mol. The van der Waals surface area contributed by atoms with Crippen LogP contribution in [-0.2, 0) is 4.79 Å². The molecule has 1 aromatic carbocycles. The molecule has 0 atom stereocenters. The minimum absolute atomic E-state index is 0.0758. The Morgan fingerprint density at radius 1 is 1.32 bits per heavy atom. The van der Waals surface area contributed by atoms with E-state index in [1.54, 1.807) is 12.3 Å². The maximum atomic E-state index is 12.5. The minimum Gasteiger partial charge on any atom is -0.368 e. The summed E-state index contributed by atoms with van der Waals surface area (Å²) in [4.78, 5) is 28.1. The van der Waals surface area contributed by atoms with E-state index in [4.69, 9.17) is 5.73 Å². The number of H-pyrrole nitrogens is 1. The lowest BCUT2D eigenvalue weighted by Gasteiger charge is -2.25. The van der Waals surface area contributed by atoms with Crippen molar-refractivity contribution in [1.82, 2.24) is 9.88 Å². The number of nitrogens with one attached hydrogen (secondary N) is 1. The molecule has 0 aliphatic heterocycles. The number of nitrogens with zero attached hydrogens (tertiary/aromatic N) is 1. The van der Waals surface area contributed by atoms with Crippen LogP contribution in [0.15, 0.2) is 30.5 Å². The minimum atomic E-state index is -0.513. The molecule has 5 heteroatoms. The quantitative estimate of drug-likeness (QED) is 0.872. The SMILES string of the molecule is CC(C)N(CC(N)=O)C(=O)c1cccc2cc[nH]c12. The molecule has 2 aromatic rings. The Bertz CT molecular complexity index is 616. The van der Waals surface area contributed by atoms with Crippen molar-refractivity contribution in [3.8, 4) is 0 Å². The van der Waals surface area contributed by atoms with E-state index in [1.807, 2.05) is 32.0 Å². The Morgan fingerprint density at radius 3 is 2.68 bits per heavy atom. The molecule has 0 unspecified atom stereocenters. The van der Waals surface area contributed by atoms with Gasteiger partial charge in [-0.25, -0.2) is 0 Å². The van der Waals surface area contributed by atoms with E-state index in [-0.39, 0.29) is 18.5 Å². The Balaban J connectivity index is 2.41. The Hall–Kier alpha value is -2.30. The van der Waals surface area contributed by atoms with Crippen molar-refractivity contribution in [1.29, 1.82) is 0 Å². The van der Waals surface area contributed by atoms with E-state index in [2.05, 4.69) is 4.98 Å². The van der Waals surface area contributed by atoms with Gasteiger partial charge in [-0.2, -0.15) is 0 Å². The zero-order chi connectivity index (χ0) is 14.0. The molecule has 0 aliphatic rings. The van der Waals surface area contributed by atoms with Crippen molar-refractivity contribution in [3.63, 3.8) is 0 Å². The zero-order valence-electron chi connectivity index (χ0n) is 11.0. The fourth-order valence-corrected chi connectivity index (χ4v) is 2.07. The van der Waals surface area contributed by atoms with E-state index in [1.165, 1.54) is 4.90 Å². The van der Waals surface area contributed by atoms with Crippen LogP contribution in [0.5, 0.6) is 0 Å². The fraction of sp³-hybridized carbons (Fsp3) is 0.286. The van der Waals surface area contributed by atoms with Crippen LogP contribution >= 0.6 is 0 Å². The molecule has 1 aromatic heterocycles. The molecule has 0 saturated carbocycles. The standard InChI is InChI=1S/C14H17N3O2/c1-9(2)17(8-12(15)18)14(19)11-5-3-4-10-6-7-16-13(10)11/h3-7,9,16H,8H2,1-2H3,(H2,15,18). The first-order valence-corrected chi connectivity index (χ1v) is 6.16. The number of primary amides is 1. The molecule has 1 heterocycles. The molecule has 0 aliphatic carbocycles. The maximum Gasteiger partial charge on any atom is 0.256 e. The number of hydrogen-bond acceptors (Lipinski definition) is 2. The van der Waals surface area contributed by atoms with Crippen LogP contribution in [0.4, 0.5) is 0 Å². The number of aromatic nitrogens is 1. The van der Waals surface area contributed by atoms with E-state index in [9.17, 15) is 9.59 Å². The van der Waals surface area contributed by atoms with Gasteiger partial charge >= 0.3 is 0 Å². The first-order valence-electron chi connectivity index (χ1n) is 6.16. The zero-order valence-corrected chi connectivity index (χ0v) is 11.0. The molecule has 0 saturated heterocycles. The summed E-state index contributed by atoms with van der Waals surface area (Å²) in [6.07, 6.45) is 1.79. The molecule has 100 valence electrons. The van der Waals surface area contributed by atoms with Gasteiger partial charge in [0.15, 0.2) is 0 Å². The van der Waals surface area contributed by atoms with Crippen LogP contribution in [0.1, 0.15) is 24.2 Å². The summed E-state index contributed by atoms with van der Waals surface area (Å²) < 4.78 is 0. The Morgan fingerprint density at radius 2 is 2.05 bits per heavy atom. The fourth-order valence-electron chi connectivity index (χ4n) is 2.07. The first-order chi connectivity index (χ1) is 9.00. The third-order valence-corrected chi connectivity index (χ3v) is 3.03. The number of aromatic amines is 1. The lowest BCUT2D eigenvalue weighted by atomic mass is 10.1. The summed E-state index contributed by atoms with van der Waals surface area (Å²) in [5.74, 6) is -0.706. The summed E-state index contributed by atoms with van der Waals surface area (Å²) in [5.41, 5.74) is 6.53. The Labute approximate surface area is 111 Å². The third-order valence-electron chi connectivity index (χ3n) is 3.03. The Kier molecular flexibility index (Phi) is 3.55. The first kappa shape index (κ1) is 13.1. The van der Waals surface area contributed by atoms with Gasteiger partial charge < -0.3 is 15.6 Å². The second-order valence-electron chi connectivity index (χ2n) is 4.74. The van der Waals surface area contributed by atoms with Crippen LogP contribution in [0.25, 0.3) is 10.9 Å². The maximum absolute atomic E-state index is 12.5. The van der Waals surface area contributed by atoms with Crippen molar-refractivity contribution in [2.75, 3.05) is 6.54 Å². The van der Waals surface area contributed by atoms with E-state index < -0.39 is 5.91 Å². The molecule has 0 bridgehead atoms. The lowest BCUT2D eigenvalue weighted by Crippen LogP contribution is -2.42. The average Bonchev–Trinajstić information content (AvgIpc) is 2.82. The topological polar surface area (TPSA) is 79.2 Å². The van der Waals surface area contributed by atoms with Gasteiger partial charge in [0.1, 0.15) is 0 Å². The van der Waals surface area contributed by atoms with Gasteiger partial charge in [0.2, 0.25) is 5.91 Å². The summed E-state index contributed by atoms with van der Waals surface area (Å²) in [6.45, 7) is 3.64. The van der Waals surface area contributed by atoms with Gasteiger partial charge in [-0.1, -0.05) is 12.1 Å². The van der Waals surface area contributed by atoms with Crippen LogP contribution in [0, 0.1) is 0 Å². The lowest BCUT2D eigenvalue weighted by molar-refractivity contribution is -0.119. The number of amides is 2. The molecule has 5 nitrogen and oxygen atoms in total. The van der Waals surface area contributed by atoms with Crippen LogP contribution in [0.2, 0.25) is 0 Å². The number of fused-ring (bicyclic) bond motifs is 1. The highest BCUT2D eigenvalue weighted by molar-refractivity contribution is 6.06. The highest BCUT2D eigenvalue weighted by Gasteiger charge is 2.22. The molecule has 2 rings (SSSR count). The summed E-state index contributed by atoms with van der Waals surface area (Å²) >= 11 is 0. The number of benzene rings is 1. The molecular weight excluding hydrogens is 242 g/mol. The normalized spacial score (nSPS) is 10.9. The number of carbonyl (C=O) groups excluding carboxylic acids is 2. The van der Waals surface area contributed by atoms with E-state index in [0.717, 1.165) is 10.9 Å². The summed E-state index contributed by atoms with van der Waals surface area (Å²) in [5, 5.41) is 0.966. The summed E-state index contributed by atoms with van der Waals surface area (Å²) in [6, 6.07) is 7.31. The highest BCUT2D eigenvalue weighted by atomic mass is 16.2. The second kappa shape index (κ2) is 5.14. The molecule has 19 heavy (non-hydrogen) atoms. The summed E-state index contributed by atoms with van der Waals surface area (Å²) in [7, 11) is 0. The number of hydrogen-bond donors (Lipinski definition) is 2. The molecule has 3 N–H and O–H groups in total. The molecule has 2 amide bonds. The van der Waals surface area contributed by atoms with Crippen molar-refractivity contribution in [3.05, 3.63) is 36.0 Å². The van der Waals surface area contributed by atoms with Gasteiger partial charge in [-0.05, 0) is 26.0 Å². The smallest absolute Gasteiger partial charge is 0.256 e. The van der Waals surface area contributed by atoms with E-state index >= 15 is 0 Å². The predicted molar refractivity (Wildman–Crippen MR) is 73.7 cm³/mol. The number of para-hydroxylation sites is 1. The number of carbonyl (C=O) groups is 2. The van der Waals surface area contributed by atoms with Gasteiger partial charge in [-0.3, -0.25) is 9.59 Å². The van der Waals surface area contributed by atoms with Crippen molar-refractivity contribution in [2.45, 2.75) is 19.9 Å². The molecule has 0 radical (unpaired) electrons. The van der Waals surface area contributed by atoms with Crippen LogP contribution in [-0.4, -0.2) is 34.3 Å². The molecular formula is C14H17N3O2. The van der Waals surface area contributed by atoms with Crippen LogP contribution < -0.4 is 5.73 Å². The van der Waals surface area contributed by atoms with E-state index in [0.29, 0.717) is 5.56 Å². The number of rotatable bonds is 4. The van der Waals surface area contributed by atoms with Gasteiger partial charge in [0.25, 0.3) is 5.91 Å². The predicted octanol–water partition coefficient (Wildman–Crippen LogP) is 1.50. The van der Waals surface area contributed by atoms with Crippen molar-refractivity contribution < 1.29 is 9.59 Å². The van der Waals surface area contributed by atoms with Crippen LogP contribution in [0.3, 0.4) is 0 Å². The van der Waals surface area contributed by atoms with Crippen molar-refractivity contribution >= 4 is 22.7 Å². The van der Waals surface area contributed by atoms with Gasteiger partial charge in [0.05, 0.1) is 17.6 Å². The highest BCUT2D eigenvalue weighted by Crippen LogP contribution is 2.19. The third kappa shape index (κ3) is 2.59. The molecule has 0 spiro atoms. The van der Waals surface area contributed by atoms with Gasteiger partial charge in [-0.15, -0.1) is 0 Å².